The Morgan fingerprint density at radius 1 is 1.08 bits per heavy atom. The topological polar surface area (TPSA) is 9.23 Å². The van der Waals surface area contributed by atoms with Gasteiger partial charge in [0.15, 0.2) is 0 Å². The highest BCUT2D eigenvalue weighted by molar-refractivity contribution is 9.39. The number of hydrogen-bond acceptors (Lipinski definition) is 1. The lowest BCUT2D eigenvalue weighted by Crippen LogP contribution is -2.07. The second kappa shape index (κ2) is 5.37. The Labute approximate surface area is 103 Å². The van der Waals surface area contributed by atoms with Gasteiger partial charge in [-0.05, 0) is 12.1 Å². The number of halogens is 3. The molecule has 0 N–H and O–H groups in total. The molecular formula is C9H9Br3O. The SMILES string of the molecule is BrC(Br)(Br)CCOc1ccccc1. The van der Waals surface area contributed by atoms with Crippen molar-refractivity contribution in [1.82, 2.24) is 0 Å². The molecule has 4 heteroatoms. The first kappa shape index (κ1) is 11.5. The van der Waals surface area contributed by atoms with Gasteiger partial charge < -0.3 is 4.74 Å². The van der Waals surface area contributed by atoms with Crippen molar-refractivity contribution in [2.45, 2.75) is 8.56 Å². The molecule has 0 spiro atoms. The maximum Gasteiger partial charge on any atom is 0.138 e. The summed E-state index contributed by atoms with van der Waals surface area (Å²) in [6, 6.07) is 9.77. The average molecular weight is 373 g/mol. The number of hydrogen-bond donors (Lipinski definition) is 0. The summed E-state index contributed by atoms with van der Waals surface area (Å²) in [4.78, 5) is 0. The van der Waals surface area contributed by atoms with E-state index in [2.05, 4.69) is 47.8 Å². The van der Waals surface area contributed by atoms with Gasteiger partial charge in [-0.25, -0.2) is 0 Å². The predicted octanol–water partition coefficient (Wildman–Crippen LogP) is 4.29. The second-order valence-electron chi connectivity index (χ2n) is 2.53. The zero-order valence-electron chi connectivity index (χ0n) is 6.84. The van der Waals surface area contributed by atoms with Gasteiger partial charge in [-0.15, -0.1) is 0 Å². The summed E-state index contributed by atoms with van der Waals surface area (Å²) in [5.41, 5.74) is 0. The largest absolute Gasteiger partial charge is 0.493 e. The maximum atomic E-state index is 5.49. The van der Waals surface area contributed by atoms with Crippen LogP contribution in [0.1, 0.15) is 6.42 Å². The van der Waals surface area contributed by atoms with E-state index in [-0.39, 0.29) is 2.14 Å². The molecule has 0 unspecified atom stereocenters. The molecule has 0 radical (unpaired) electrons. The fraction of sp³-hybridized carbons (Fsp3) is 0.333. The van der Waals surface area contributed by atoms with Crippen LogP contribution in [0.2, 0.25) is 0 Å². The Morgan fingerprint density at radius 2 is 1.69 bits per heavy atom. The first-order chi connectivity index (χ1) is 6.08. The Kier molecular flexibility index (Phi) is 4.76. The molecule has 0 saturated carbocycles. The standard InChI is InChI=1S/C9H9Br3O/c10-9(11,12)6-7-13-8-4-2-1-3-5-8/h1-5H,6-7H2. The van der Waals surface area contributed by atoms with E-state index in [1.807, 2.05) is 30.3 Å². The highest BCUT2D eigenvalue weighted by Crippen LogP contribution is 2.36. The van der Waals surface area contributed by atoms with E-state index in [0.717, 1.165) is 12.2 Å². The minimum Gasteiger partial charge on any atom is -0.493 e. The minimum absolute atomic E-state index is 0.207. The Balaban J connectivity index is 2.29. The highest BCUT2D eigenvalue weighted by Gasteiger charge is 2.16. The van der Waals surface area contributed by atoms with Gasteiger partial charge in [0.05, 0.1) is 6.61 Å². The molecule has 1 aromatic rings. The summed E-state index contributed by atoms with van der Waals surface area (Å²) < 4.78 is 5.29. The average Bonchev–Trinajstić information content (AvgIpc) is 2.04. The number of ether oxygens (including phenoxy) is 1. The van der Waals surface area contributed by atoms with Crippen molar-refractivity contribution in [2.75, 3.05) is 6.61 Å². The van der Waals surface area contributed by atoms with E-state index in [9.17, 15) is 0 Å². The fourth-order valence-corrected chi connectivity index (χ4v) is 1.29. The van der Waals surface area contributed by atoms with Crippen molar-refractivity contribution in [3.63, 3.8) is 0 Å². The van der Waals surface area contributed by atoms with E-state index in [1.165, 1.54) is 0 Å². The molecule has 0 saturated heterocycles. The monoisotopic (exact) mass is 370 g/mol. The van der Waals surface area contributed by atoms with Crippen LogP contribution in [0.5, 0.6) is 5.75 Å². The molecule has 0 amide bonds. The summed E-state index contributed by atoms with van der Waals surface area (Å²) in [6.45, 7) is 0.658. The van der Waals surface area contributed by atoms with Gasteiger partial charge in [0.25, 0.3) is 0 Å². The van der Waals surface area contributed by atoms with E-state index in [4.69, 9.17) is 4.74 Å². The van der Waals surface area contributed by atoms with Gasteiger partial charge in [-0.1, -0.05) is 66.0 Å². The van der Waals surface area contributed by atoms with Crippen molar-refractivity contribution < 1.29 is 4.74 Å². The van der Waals surface area contributed by atoms with Crippen LogP contribution in [0.4, 0.5) is 0 Å². The van der Waals surface area contributed by atoms with Gasteiger partial charge in [-0.2, -0.15) is 0 Å². The first-order valence-electron chi connectivity index (χ1n) is 3.82. The second-order valence-corrected chi connectivity index (χ2v) is 9.78. The summed E-state index contributed by atoms with van der Waals surface area (Å²) in [5.74, 6) is 0.902. The maximum absolute atomic E-state index is 5.49. The molecule has 0 aliphatic rings. The third-order valence-electron chi connectivity index (χ3n) is 1.40. The molecule has 72 valence electrons. The molecule has 1 rings (SSSR count). The third-order valence-corrected chi connectivity index (χ3v) is 2.59. The van der Waals surface area contributed by atoms with Crippen molar-refractivity contribution in [2.24, 2.45) is 0 Å². The molecule has 0 atom stereocenters. The number of rotatable bonds is 3. The van der Waals surface area contributed by atoms with Crippen LogP contribution >= 0.6 is 47.8 Å². The predicted molar refractivity (Wildman–Crippen MR) is 66.1 cm³/mol. The van der Waals surface area contributed by atoms with Crippen LogP contribution in [0, 0.1) is 0 Å². The Bertz CT molecular complexity index is 243. The van der Waals surface area contributed by atoms with Gasteiger partial charge in [0.1, 0.15) is 7.89 Å². The van der Waals surface area contributed by atoms with Crippen LogP contribution in [0.15, 0.2) is 30.3 Å². The fourth-order valence-electron chi connectivity index (χ4n) is 0.801. The molecule has 0 fully saturated rings. The van der Waals surface area contributed by atoms with Gasteiger partial charge >= 0.3 is 0 Å². The highest BCUT2D eigenvalue weighted by atomic mass is 80.0. The quantitative estimate of drug-likeness (QED) is 0.719. The Morgan fingerprint density at radius 3 is 2.23 bits per heavy atom. The zero-order chi connectivity index (χ0) is 9.73. The van der Waals surface area contributed by atoms with Crippen LogP contribution in [-0.4, -0.2) is 8.75 Å². The van der Waals surface area contributed by atoms with Crippen molar-refractivity contribution >= 4 is 47.8 Å². The van der Waals surface area contributed by atoms with Crippen LogP contribution in [0.25, 0.3) is 0 Å². The van der Waals surface area contributed by atoms with Crippen LogP contribution in [-0.2, 0) is 0 Å². The lowest BCUT2D eigenvalue weighted by atomic mass is 10.3. The molecular weight excluding hydrogens is 364 g/mol. The van der Waals surface area contributed by atoms with Crippen LogP contribution in [0.3, 0.4) is 0 Å². The van der Waals surface area contributed by atoms with Gasteiger partial charge in [0, 0.05) is 6.42 Å². The summed E-state index contributed by atoms with van der Waals surface area (Å²) >= 11 is 10.2. The van der Waals surface area contributed by atoms with Crippen molar-refractivity contribution in [3.05, 3.63) is 30.3 Å². The summed E-state index contributed by atoms with van der Waals surface area (Å²) in [7, 11) is 0. The van der Waals surface area contributed by atoms with Crippen molar-refractivity contribution in [3.8, 4) is 5.75 Å². The van der Waals surface area contributed by atoms with E-state index >= 15 is 0 Å². The van der Waals surface area contributed by atoms with Crippen molar-refractivity contribution in [1.29, 1.82) is 0 Å². The molecule has 13 heavy (non-hydrogen) atoms. The molecule has 1 nitrogen and oxygen atoms in total. The summed E-state index contributed by atoms with van der Waals surface area (Å²) in [5, 5.41) is 0. The molecule has 1 aromatic carbocycles. The Hall–Kier alpha value is 0.460. The smallest absolute Gasteiger partial charge is 0.138 e. The number of benzene rings is 1. The normalized spacial score (nSPS) is 11.3. The zero-order valence-corrected chi connectivity index (χ0v) is 11.6. The van der Waals surface area contributed by atoms with Crippen LogP contribution < -0.4 is 4.74 Å². The molecule has 0 aliphatic heterocycles. The van der Waals surface area contributed by atoms with E-state index < -0.39 is 0 Å². The molecule has 0 aromatic heterocycles. The number of para-hydroxylation sites is 1. The lowest BCUT2D eigenvalue weighted by molar-refractivity contribution is 0.316. The summed E-state index contributed by atoms with van der Waals surface area (Å²) in [6.07, 6.45) is 0.835. The molecule has 0 bridgehead atoms. The van der Waals surface area contributed by atoms with E-state index in [0.29, 0.717) is 6.61 Å². The lowest BCUT2D eigenvalue weighted by Gasteiger charge is -2.12. The molecule has 0 aliphatic carbocycles. The minimum atomic E-state index is -0.207. The van der Waals surface area contributed by atoms with Gasteiger partial charge in [0.2, 0.25) is 0 Å². The number of alkyl halides is 3. The van der Waals surface area contributed by atoms with Gasteiger partial charge in [-0.3, -0.25) is 0 Å². The first-order valence-corrected chi connectivity index (χ1v) is 6.20. The third kappa shape index (κ3) is 5.70. The van der Waals surface area contributed by atoms with E-state index in [1.54, 1.807) is 0 Å². The molecule has 0 heterocycles.